The predicted molar refractivity (Wildman–Crippen MR) is 122 cm³/mol. The van der Waals surface area contributed by atoms with Crippen molar-refractivity contribution >= 4 is 23.2 Å². The standard InChI is InChI=1S/C26H21ClF3NO2/c1-17(18-6-3-2-4-7-18)14-20-16-24(19-8-5-9-23(15-19)33-26(28,29)30)31(25(20)32)22-12-10-21(27)11-13-22/h2-13,15-17,24H,14H2,1H3/t17-,24+/m0/s1. The third kappa shape index (κ3) is 5.40. The van der Waals surface area contributed by atoms with Crippen molar-refractivity contribution in [2.75, 3.05) is 4.90 Å². The Hall–Kier alpha value is -3.25. The average Bonchev–Trinajstić information content (AvgIpc) is 3.10. The lowest BCUT2D eigenvalue weighted by Gasteiger charge is -2.26. The zero-order valence-electron chi connectivity index (χ0n) is 17.7. The van der Waals surface area contributed by atoms with Crippen molar-refractivity contribution in [3.8, 4) is 5.75 Å². The monoisotopic (exact) mass is 471 g/mol. The third-order valence-corrected chi connectivity index (χ3v) is 5.82. The number of anilines is 1. The van der Waals surface area contributed by atoms with Gasteiger partial charge in [0.2, 0.25) is 0 Å². The molecule has 0 spiro atoms. The maximum atomic E-state index is 13.5. The van der Waals surface area contributed by atoms with E-state index in [9.17, 15) is 18.0 Å². The summed E-state index contributed by atoms with van der Waals surface area (Å²) in [6.45, 7) is 2.04. The molecule has 1 amide bonds. The van der Waals surface area contributed by atoms with Crippen molar-refractivity contribution in [1.82, 2.24) is 0 Å². The third-order valence-electron chi connectivity index (χ3n) is 5.56. The van der Waals surface area contributed by atoms with E-state index in [0.717, 1.165) is 5.56 Å². The molecule has 4 rings (SSSR count). The molecule has 0 saturated carbocycles. The number of benzene rings is 3. The number of hydrogen-bond acceptors (Lipinski definition) is 2. The van der Waals surface area contributed by atoms with Gasteiger partial charge in [-0.25, -0.2) is 0 Å². The zero-order chi connectivity index (χ0) is 23.6. The number of amides is 1. The molecule has 1 heterocycles. The van der Waals surface area contributed by atoms with E-state index in [0.29, 0.717) is 28.3 Å². The van der Waals surface area contributed by atoms with Crippen LogP contribution in [0.2, 0.25) is 5.02 Å². The Labute approximate surface area is 195 Å². The molecule has 0 unspecified atom stereocenters. The van der Waals surface area contributed by atoms with Gasteiger partial charge in [-0.2, -0.15) is 0 Å². The van der Waals surface area contributed by atoms with Crippen molar-refractivity contribution in [2.24, 2.45) is 0 Å². The Kier molecular flexibility index (Phi) is 6.47. The second kappa shape index (κ2) is 9.32. The van der Waals surface area contributed by atoms with Crippen LogP contribution in [0.3, 0.4) is 0 Å². The minimum atomic E-state index is -4.80. The molecule has 0 aliphatic carbocycles. The summed E-state index contributed by atoms with van der Waals surface area (Å²) in [6, 6.07) is 21.8. The van der Waals surface area contributed by atoms with Gasteiger partial charge in [-0.05, 0) is 65.9 Å². The van der Waals surface area contributed by atoms with Gasteiger partial charge in [-0.3, -0.25) is 9.69 Å². The topological polar surface area (TPSA) is 29.5 Å². The summed E-state index contributed by atoms with van der Waals surface area (Å²) in [6.07, 6.45) is -2.47. The highest BCUT2D eigenvalue weighted by Gasteiger charge is 2.36. The van der Waals surface area contributed by atoms with Crippen molar-refractivity contribution < 1.29 is 22.7 Å². The largest absolute Gasteiger partial charge is 0.573 e. The van der Waals surface area contributed by atoms with Crippen molar-refractivity contribution in [2.45, 2.75) is 31.7 Å². The summed E-state index contributed by atoms with van der Waals surface area (Å²) in [4.78, 5) is 15.0. The van der Waals surface area contributed by atoms with Crippen LogP contribution >= 0.6 is 11.6 Å². The van der Waals surface area contributed by atoms with Gasteiger partial charge < -0.3 is 4.74 Å². The summed E-state index contributed by atoms with van der Waals surface area (Å²) in [5.74, 6) is -0.428. The fraction of sp³-hybridized carbons (Fsp3) is 0.192. The number of nitrogens with zero attached hydrogens (tertiary/aromatic N) is 1. The lowest BCUT2D eigenvalue weighted by molar-refractivity contribution is -0.274. The maximum Gasteiger partial charge on any atom is 0.573 e. The molecular formula is C26H21ClF3NO2. The quantitative estimate of drug-likeness (QED) is 0.373. The fourth-order valence-electron chi connectivity index (χ4n) is 4.02. The number of halogens is 4. The first-order valence-corrected chi connectivity index (χ1v) is 10.8. The van der Waals surface area contributed by atoms with E-state index in [1.165, 1.54) is 18.2 Å². The SMILES string of the molecule is C[C@@H](CC1=C[C@H](c2cccc(OC(F)(F)F)c2)N(c2ccc(Cl)cc2)C1=O)c1ccccc1. The second-order valence-corrected chi connectivity index (χ2v) is 8.36. The molecule has 3 aromatic carbocycles. The molecule has 0 bridgehead atoms. The molecule has 170 valence electrons. The average molecular weight is 472 g/mol. The van der Waals surface area contributed by atoms with E-state index in [1.54, 1.807) is 35.2 Å². The second-order valence-electron chi connectivity index (χ2n) is 7.92. The van der Waals surface area contributed by atoms with Crippen LogP contribution < -0.4 is 9.64 Å². The lowest BCUT2D eigenvalue weighted by Crippen LogP contribution is -2.29. The summed E-state index contributed by atoms with van der Waals surface area (Å²) in [7, 11) is 0. The first-order chi connectivity index (χ1) is 15.7. The number of ether oxygens (including phenoxy) is 1. The molecule has 33 heavy (non-hydrogen) atoms. The molecule has 0 fully saturated rings. The Morgan fingerprint density at radius 3 is 2.36 bits per heavy atom. The van der Waals surface area contributed by atoms with Crippen LogP contribution in [0.15, 0.2) is 90.5 Å². The molecule has 0 radical (unpaired) electrons. The van der Waals surface area contributed by atoms with Gasteiger partial charge in [-0.1, -0.05) is 61.0 Å². The van der Waals surface area contributed by atoms with Crippen molar-refractivity contribution in [3.05, 3.63) is 107 Å². The van der Waals surface area contributed by atoms with Crippen LogP contribution in [-0.4, -0.2) is 12.3 Å². The Balaban J connectivity index is 1.70. The highest BCUT2D eigenvalue weighted by Crippen LogP contribution is 2.40. The van der Waals surface area contributed by atoms with E-state index >= 15 is 0 Å². The maximum absolute atomic E-state index is 13.5. The summed E-state index contributed by atoms with van der Waals surface area (Å²) in [5, 5.41) is 0.522. The van der Waals surface area contributed by atoms with Crippen LogP contribution in [0.1, 0.15) is 36.4 Å². The van der Waals surface area contributed by atoms with Gasteiger partial charge in [-0.15, -0.1) is 13.2 Å². The van der Waals surface area contributed by atoms with E-state index in [4.69, 9.17) is 11.6 Å². The first-order valence-electron chi connectivity index (χ1n) is 10.4. The molecule has 3 aromatic rings. The Morgan fingerprint density at radius 2 is 1.70 bits per heavy atom. The summed E-state index contributed by atoms with van der Waals surface area (Å²) < 4.78 is 42.3. The van der Waals surface area contributed by atoms with Gasteiger partial charge in [0.1, 0.15) is 5.75 Å². The molecule has 1 aliphatic heterocycles. The van der Waals surface area contributed by atoms with Gasteiger partial charge in [0.15, 0.2) is 0 Å². The number of hydrogen-bond donors (Lipinski definition) is 0. The highest BCUT2D eigenvalue weighted by atomic mass is 35.5. The minimum Gasteiger partial charge on any atom is -0.406 e. The smallest absolute Gasteiger partial charge is 0.406 e. The van der Waals surface area contributed by atoms with Crippen molar-refractivity contribution in [3.63, 3.8) is 0 Å². The highest BCUT2D eigenvalue weighted by molar-refractivity contribution is 6.30. The minimum absolute atomic E-state index is 0.0899. The van der Waals surface area contributed by atoms with Crippen molar-refractivity contribution in [1.29, 1.82) is 0 Å². The number of rotatable bonds is 6. The molecule has 7 heteroatoms. The van der Waals surface area contributed by atoms with E-state index in [-0.39, 0.29) is 17.6 Å². The van der Waals surface area contributed by atoms with Gasteiger partial charge >= 0.3 is 6.36 Å². The first kappa shape index (κ1) is 22.9. The van der Waals surface area contributed by atoms with E-state index in [2.05, 4.69) is 4.74 Å². The Morgan fingerprint density at radius 1 is 1.00 bits per heavy atom. The molecule has 0 N–H and O–H groups in total. The number of carbonyl (C=O) groups is 1. The van der Waals surface area contributed by atoms with Gasteiger partial charge in [0, 0.05) is 16.3 Å². The van der Waals surface area contributed by atoms with Crippen LogP contribution in [0, 0.1) is 0 Å². The predicted octanol–water partition coefficient (Wildman–Crippen LogP) is 7.45. The lowest BCUT2D eigenvalue weighted by atomic mass is 9.93. The molecule has 2 atom stereocenters. The Bertz CT molecular complexity index is 1160. The van der Waals surface area contributed by atoms with Crippen LogP contribution in [0.25, 0.3) is 0 Å². The fourth-order valence-corrected chi connectivity index (χ4v) is 4.15. The van der Waals surface area contributed by atoms with E-state index < -0.39 is 12.4 Å². The molecule has 0 aromatic heterocycles. The molecular weight excluding hydrogens is 451 g/mol. The van der Waals surface area contributed by atoms with Crippen LogP contribution in [0.4, 0.5) is 18.9 Å². The van der Waals surface area contributed by atoms with Gasteiger partial charge in [0.25, 0.3) is 5.91 Å². The van der Waals surface area contributed by atoms with Crippen LogP contribution in [0.5, 0.6) is 5.75 Å². The molecule has 1 aliphatic rings. The normalized spacial score (nSPS) is 17.1. The number of alkyl halides is 3. The molecule has 3 nitrogen and oxygen atoms in total. The van der Waals surface area contributed by atoms with Gasteiger partial charge in [0.05, 0.1) is 6.04 Å². The number of carbonyl (C=O) groups excluding carboxylic acids is 1. The summed E-state index contributed by atoms with van der Waals surface area (Å²) >= 11 is 6.02. The zero-order valence-corrected chi connectivity index (χ0v) is 18.5. The van der Waals surface area contributed by atoms with Crippen LogP contribution in [-0.2, 0) is 4.79 Å². The van der Waals surface area contributed by atoms with E-state index in [1.807, 2.05) is 43.3 Å². The molecule has 0 saturated heterocycles. The summed E-state index contributed by atoms with van der Waals surface area (Å²) in [5.41, 5.74) is 2.83.